The van der Waals surface area contributed by atoms with Gasteiger partial charge >= 0.3 is 5.97 Å². The zero-order valence-electron chi connectivity index (χ0n) is 67.1. The number of nitrogens with one attached hydrogen (secondary N) is 11. The van der Waals surface area contributed by atoms with Crippen molar-refractivity contribution in [3.05, 3.63) is 113 Å². The number of rotatable bonds is 51. The molecule has 29 nitrogen and oxygen atoms in total. The fourth-order valence-electron chi connectivity index (χ4n) is 12.4. The molecular weight excluding hydrogens is 1460 g/mol. The molecule has 0 aliphatic carbocycles. The second-order valence-corrected chi connectivity index (χ2v) is 30.6. The number of carboxylic acids is 1. The lowest BCUT2D eigenvalue weighted by molar-refractivity contribution is -0.140. The van der Waals surface area contributed by atoms with Gasteiger partial charge in [-0.2, -0.15) is 0 Å². The monoisotopic (exact) mass is 1580 g/mol. The summed E-state index contributed by atoms with van der Waals surface area (Å²) in [4.78, 5) is 208. The van der Waals surface area contributed by atoms with Gasteiger partial charge in [0, 0.05) is 73.5 Å². The molecular formula is C82H116F2N12O17. The first-order valence-electron chi connectivity index (χ1n) is 38.6. The van der Waals surface area contributed by atoms with Gasteiger partial charge in [0.2, 0.25) is 70.6 Å². The largest absolute Gasteiger partial charge is 0.508 e. The number of amides is 10. The molecule has 1 aromatic heterocycles. The second-order valence-electron chi connectivity index (χ2n) is 30.6. The molecule has 3 aromatic carbocycles. The minimum atomic E-state index is -1.89. The van der Waals surface area contributed by atoms with E-state index in [2.05, 4.69) is 71.2 Å². The summed E-state index contributed by atoms with van der Waals surface area (Å²) in [7, 11) is 0. The molecule has 0 aliphatic rings. The number of aliphatic carboxylic acids is 1. The summed E-state index contributed by atoms with van der Waals surface area (Å²) in [6.07, 6.45) is 9.24. The number of carbonyl (C=O) groups is 15. The highest BCUT2D eigenvalue weighted by Crippen LogP contribution is 2.26. The second kappa shape index (κ2) is 45.8. The first kappa shape index (κ1) is 94.8. The number of fused-ring (bicyclic) bond motifs is 1. The van der Waals surface area contributed by atoms with E-state index in [0.29, 0.717) is 34.9 Å². The smallest absolute Gasteiger partial charge is 0.303 e. The topological polar surface area (TPSA) is 459 Å². The Morgan fingerprint density at radius 2 is 1.12 bits per heavy atom. The number of nitrogens with two attached hydrogens (primary N) is 1. The van der Waals surface area contributed by atoms with Crippen molar-refractivity contribution >= 4 is 99.1 Å². The van der Waals surface area contributed by atoms with Gasteiger partial charge < -0.3 is 78.9 Å². The van der Waals surface area contributed by atoms with E-state index in [4.69, 9.17) is 5.73 Å². The maximum absolute atomic E-state index is 15.1. The van der Waals surface area contributed by atoms with Crippen LogP contribution in [0.2, 0.25) is 0 Å². The van der Waals surface area contributed by atoms with Crippen LogP contribution in [0.25, 0.3) is 10.9 Å². The number of primary amides is 1. The maximum atomic E-state index is 15.1. The Morgan fingerprint density at radius 3 is 1.71 bits per heavy atom. The van der Waals surface area contributed by atoms with Gasteiger partial charge in [0.25, 0.3) is 0 Å². The van der Waals surface area contributed by atoms with Gasteiger partial charge in [0.15, 0.2) is 17.4 Å². The van der Waals surface area contributed by atoms with Gasteiger partial charge in [-0.3, -0.25) is 67.1 Å². The summed E-state index contributed by atoms with van der Waals surface area (Å²) < 4.78 is 28.1. The van der Waals surface area contributed by atoms with E-state index in [1.165, 1.54) is 92.6 Å². The third-order valence-electron chi connectivity index (χ3n) is 19.5. The highest BCUT2D eigenvalue weighted by Gasteiger charge is 2.41. The third kappa shape index (κ3) is 31.8. The summed E-state index contributed by atoms with van der Waals surface area (Å²) >= 11 is 0. The molecule has 0 saturated carbocycles. The summed E-state index contributed by atoms with van der Waals surface area (Å²) in [6, 6.07) is 4.87. The molecule has 0 fully saturated rings. The quantitative estimate of drug-likeness (QED) is 0.0140. The van der Waals surface area contributed by atoms with Crippen molar-refractivity contribution in [2.24, 2.45) is 29.4 Å². The summed E-state index contributed by atoms with van der Waals surface area (Å²) in [5, 5.41) is 47.1. The van der Waals surface area contributed by atoms with Crippen molar-refractivity contribution in [3.63, 3.8) is 0 Å². The fraction of sp³-hybridized carbons (Fsp3) is 0.549. The highest BCUT2D eigenvalue weighted by atomic mass is 19.2. The number of carboxylic acid groups (broad SMARTS) is 1. The lowest BCUT2D eigenvalue weighted by Crippen LogP contribution is -2.61. The van der Waals surface area contributed by atoms with Crippen LogP contribution in [0.3, 0.4) is 0 Å². The Balaban J connectivity index is 1.61. The van der Waals surface area contributed by atoms with Crippen LogP contribution in [-0.4, -0.2) is 169 Å². The van der Waals surface area contributed by atoms with Gasteiger partial charge in [-0.05, 0) is 173 Å². The van der Waals surface area contributed by atoms with Crippen LogP contribution in [-0.2, 0) is 91.2 Å². The lowest BCUT2D eigenvalue weighted by Gasteiger charge is -2.33. The van der Waals surface area contributed by atoms with E-state index in [-0.39, 0.29) is 75.1 Å². The number of carbonyl (C=O) groups excluding carboxylic acids is 14. The predicted molar refractivity (Wildman–Crippen MR) is 419 cm³/mol. The molecule has 0 spiro atoms. The molecule has 620 valence electrons. The number of hydrogen-bond donors (Lipinski definition) is 14. The van der Waals surface area contributed by atoms with Crippen LogP contribution in [0.4, 0.5) is 8.78 Å². The number of para-hydroxylation sites is 1. The summed E-state index contributed by atoms with van der Waals surface area (Å²) in [5.41, 5.74) is 3.54. The summed E-state index contributed by atoms with van der Waals surface area (Å²) in [5.74, 6) is -17.9. The molecule has 113 heavy (non-hydrogen) atoms. The molecule has 31 heteroatoms. The Kier molecular flexibility index (Phi) is 38.4. The number of ketones is 4. The van der Waals surface area contributed by atoms with E-state index in [1.807, 2.05) is 19.9 Å². The number of aromatic hydroxyl groups is 1. The molecule has 4 aromatic rings. The average molecular weight is 1580 g/mol. The standard InChI is InChI=1S/C82H116F2N12O17/c1-14-15-16-17-18-19-20-21-24-37-82(13,80(113)91-53(10)74(107)90-52(9)73(106)89-51(8)72(105)88-50(7)70(103)69(102)49(6)86-44-47(4)71(85)104)96-75(108)56(38-46(2)3)30-35-67(99)65(43-58-45-87-63-26-23-22-25-60(58)63)92-78(111)66(42-54-27-31-59(98)32-28-54)93-77(110)64(34-36-68(100)101)94-79(112)81(11,12)95-76(109)57(39-48(5)97)40-55-29-33-61(83)62(84)41-55/h19-20,22-23,25-29,31-33,41,45-47,49-53,56-57,64-66,86-87,98H,14-18,21,24,30,34-40,42-44H2,1-13H3,(H2,85,104)(H,88,105)(H,89,106)(H,90,107)(H,91,113)(H,92,111)(H,93,110)(H,94,112)(H,95,109)(H,96,108)(H,100,101)/b20-19+/t47-,49-,50-,51?,52-,53?,56-,57-,64-,65-,66?,82-/m0/s1. The normalized spacial score (nSPS) is 15.0. The maximum Gasteiger partial charge on any atom is 0.303 e. The van der Waals surface area contributed by atoms with Crippen LogP contribution < -0.4 is 58.9 Å². The zero-order chi connectivity index (χ0) is 84.6. The number of aromatic nitrogens is 1. The van der Waals surface area contributed by atoms with Gasteiger partial charge in [-0.25, -0.2) is 8.78 Å². The van der Waals surface area contributed by atoms with Gasteiger partial charge in [-0.1, -0.05) is 95.5 Å². The number of phenols is 1. The van der Waals surface area contributed by atoms with Crippen molar-refractivity contribution in [1.29, 1.82) is 0 Å². The molecule has 4 rings (SSSR count). The molecule has 0 aliphatic heterocycles. The van der Waals surface area contributed by atoms with Crippen LogP contribution in [0, 0.1) is 35.3 Å². The number of H-pyrrole nitrogens is 1. The Bertz CT molecular complexity index is 4030. The van der Waals surface area contributed by atoms with Gasteiger partial charge in [-0.15, -0.1) is 0 Å². The third-order valence-corrected chi connectivity index (χ3v) is 19.5. The predicted octanol–water partition coefficient (Wildman–Crippen LogP) is 5.83. The number of unbranched alkanes of at least 4 members (excludes halogenated alkanes) is 5. The Morgan fingerprint density at radius 1 is 0.549 bits per heavy atom. The van der Waals surface area contributed by atoms with Crippen molar-refractivity contribution < 1.29 is 90.9 Å². The van der Waals surface area contributed by atoms with Crippen molar-refractivity contribution in [2.75, 3.05) is 6.54 Å². The van der Waals surface area contributed by atoms with E-state index < -0.39 is 190 Å². The SMILES string of the molecule is CCCCCC/C=C/CCC[C@](C)(NC(=O)[C@@H](CCC(=O)[C@H](Cc1c[nH]c2ccccc12)NC(=O)C(Cc1ccc(O)cc1)NC(=O)[C@H](CCC(=O)O)NC(=O)C(C)(C)NC(=O)[C@@H](CC(C)=O)Cc1ccc(F)c(F)c1)CC(C)C)C(=O)NC(C)C(=O)N[C@@H](C)C(=O)NC(C)C(=O)N[C@@H](C)C(=O)C(=O)[C@H](C)NC[C@H](C)C(N)=O. The van der Waals surface area contributed by atoms with Gasteiger partial charge in [0.05, 0.1) is 18.1 Å². The number of benzene rings is 3. The van der Waals surface area contributed by atoms with Crippen LogP contribution >= 0.6 is 0 Å². The zero-order valence-corrected chi connectivity index (χ0v) is 67.1. The number of aromatic amines is 1. The molecule has 12 atom stereocenters. The molecule has 0 radical (unpaired) electrons. The van der Waals surface area contributed by atoms with Crippen LogP contribution in [0.15, 0.2) is 85.1 Å². The molecule has 3 unspecified atom stereocenters. The van der Waals surface area contributed by atoms with Crippen LogP contribution in [0.5, 0.6) is 5.75 Å². The number of halogens is 2. The van der Waals surface area contributed by atoms with E-state index >= 15 is 9.59 Å². The summed E-state index contributed by atoms with van der Waals surface area (Å²) in [6.45, 7) is 19.4. The number of phenolic OH excluding ortho intramolecular Hbond substituents is 1. The number of hydrogen-bond acceptors (Lipinski definition) is 17. The number of allylic oxidation sites excluding steroid dienone is 2. The highest BCUT2D eigenvalue weighted by molar-refractivity contribution is 6.41. The first-order chi connectivity index (χ1) is 53.1. The molecule has 1 heterocycles. The minimum absolute atomic E-state index is 0.0233. The van der Waals surface area contributed by atoms with Crippen molar-refractivity contribution in [3.8, 4) is 5.75 Å². The van der Waals surface area contributed by atoms with E-state index in [0.717, 1.165) is 44.2 Å². The minimum Gasteiger partial charge on any atom is -0.508 e. The van der Waals surface area contributed by atoms with Gasteiger partial charge in [0.1, 0.15) is 52.8 Å². The number of Topliss-reactive ketones (excluding diaryl/α,β-unsaturated/α-hetero) is 4. The first-order valence-corrected chi connectivity index (χ1v) is 38.6. The lowest BCUT2D eigenvalue weighted by atomic mass is 9.87. The van der Waals surface area contributed by atoms with E-state index in [9.17, 15) is 81.3 Å². The average Bonchev–Trinajstić information content (AvgIpc) is 1.52. The van der Waals surface area contributed by atoms with E-state index in [1.54, 1.807) is 37.4 Å². The molecule has 0 bridgehead atoms. The molecule has 0 saturated heterocycles. The molecule has 15 N–H and O–H groups in total. The van der Waals surface area contributed by atoms with Crippen molar-refractivity contribution in [2.45, 2.75) is 259 Å². The van der Waals surface area contributed by atoms with Crippen molar-refractivity contribution in [1.82, 2.24) is 58.2 Å². The Hall–Kier alpha value is -10.6. The Labute approximate surface area is 659 Å². The molecule has 10 amide bonds. The fourth-order valence-corrected chi connectivity index (χ4v) is 12.4. The van der Waals surface area contributed by atoms with Crippen LogP contribution in [0.1, 0.15) is 197 Å².